The molecule has 1 amide bonds. The lowest BCUT2D eigenvalue weighted by Gasteiger charge is -2.28. The Morgan fingerprint density at radius 1 is 1.45 bits per heavy atom. The fourth-order valence-electron chi connectivity index (χ4n) is 2.57. The second kappa shape index (κ2) is 7.07. The van der Waals surface area contributed by atoms with Crippen molar-refractivity contribution in [2.75, 3.05) is 19.6 Å². The van der Waals surface area contributed by atoms with Gasteiger partial charge >= 0.3 is 0 Å². The molecule has 0 radical (unpaired) electrons. The standard InChI is InChI=1S/C15H21ClN2O2/c1-11(19)15(20)17-10-14(18-7-2-3-8-18)12-5-4-6-13(16)9-12/h4-6,9,11,14,19H,2-3,7-8,10H2,1H3,(H,17,20). The number of carbonyl (C=O) groups is 1. The van der Waals surface area contributed by atoms with Crippen molar-refractivity contribution in [3.63, 3.8) is 0 Å². The van der Waals surface area contributed by atoms with E-state index in [-0.39, 0.29) is 11.9 Å². The quantitative estimate of drug-likeness (QED) is 0.873. The Morgan fingerprint density at radius 2 is 2.15 bits per heavy atom. The van der Waals surface area contributed by atoms with Gasteiger partial charge in [-0.1, -0.05) is 23.7 Å². The minimum absolute atomic E-state index is 0.110. The lowest BCUT2D eigenvalue weighted by Crippen LogP contribution is -2.40. The molecule has 1 saturated heterocycles. The van der Waals surface area contributed by atoms with Crippen molar-refractivity contribution in [2.45, 2.75) is 31.9 Å². The number of rotatable bonds is 5. The van der Waals surface area contributed by atoms with Crippen LogP contribution in [0.15, 0.2) is 24.3 Å². The third kappa shape index (κ3) is 3.95. The highest BCUT2D eigenvalue weighted by molar-refractivity contribution is 6.30. The number of nitrogens with zero attached hydrogens (tertiary/aromatic N) is 1. The Morgan fingerprint density at radius 3 is 2.75 bits per heavy atom. The Hall–Kier alpha value is -1.10. The van der Waals surface area contributed by atoms with Crippen LogP contribution in [0.2, 0.25) is 5.02 Å². The zero-order valence-corrected chi connectivity index (χ0v) is 12.4. The predicted molar refractivity (Wildman–Crippen MR) is 79.7 cm³/mol. The SMILES string of the molecule is CC(O)C(=O)NCC(c1cccc(Cl)c1)N1CCCC1. The van der Waals surface area contributed by atoms with E-state index in [2.05, 4.69) is 10.2 Å². The topological polar surface area (TPSA) is 52.6 Å². The summed E-state index contributed by atoms with van der Waals surface area (Å²) in [5, 5.41) is 12.8. The second-order valence-corrected chi connectivity index (χ2v) is 5.67. The molecule has 1 aromatic rings. The first kappa shape index (κ1) is 15.3. The van der Waals surface area contributed by atoms with Crippen molar-refractivity contribution in [1.82, 2.24) is 10.2 Å². The van der Waals surface area contributed by atoms with Crippen molar-refractivity contribution in [3.05, 3.63) is 34.9 Å². The normalized spacial score (nSPS) is 18.8. The zero-order chi connectivity index (χ0) is 14.5. The molecule has 1 fully saturated rings. The van der Waals surface area contributed by atoms with Gasteiger partial charge in [0.05, 0.1) is 6.04 Å². The summed E-state index contributed by atoms with van der Waals surface area (Å²) < 4.78 is 0. The Balaban J connectivity index is 2.10. The molecule has 1 aliphatic rings. The minimum Gasteiger partial charge on any atom is -0.384 e. The van der Waals surface area contributed by atoms with E-state index in [1.54, 1.807) is 0 Å². The third-order valence-electron chi connectivity index (χ3n) is 3.66. The van der Waals surface area contributed by atoms with Crippen LogP contribution in [-0.2, 0) is 4.79 Å². The average Bonchev–Trinajstić information content (AvgIpc) is 2.92. The monoisotopic (exact) mass is 296 g/mol. The van der Waals surface area contributed by atoms with Gasteiger partial charge in [0, 0.05) is 11.6 Å². The summed E-state index contributed by atoms with van der Waals surface area (Å²) in [7, 11) is 0. The third-order valence-corrected chi connectivity index (χ3v) is 3.90. The molecule has 0 aromatic heterocycles. The molecular formula is C15H21ClN2O2. The summed E-state index contributed by atoms with van der Waals surface area (Å²) >= 11 is 6.06. The number of carbonyl (C=O) groups excluding carboxylic acids is 1. The Bertz CT molecular complexity index is 459. The number of halogens is 1. The van der Waals surface area contributed by atoms with Crippen LogP contribution in [0.3, 0.4) is 0 Å². The highest BCUT2D eigenvalue weighted by Gasteiger charge is 2.24. The Labute approximate surface area is 124 Å². The van der Waals surface area contributed by atoms with E-state index in [0.29, 0.717) is 11.6 Å². The first-order valence-corrected chi connectivity index (χ1v) is 7.41. The van der Waals surface area contributed by atoms with Crippen LogP contribution in [0.5, 0.6) is 0 Å². The first-order chi connectivity index (χ1) is 9.58. The molecule has 2 rings (SSSR count). The molecule has 2 atom stereocenters. The summed E-state index contributed by atoms with van der Waals surface area (Å²) in [5.74, 6) is -0.337. The fourth-order valence-corrected chi connectivity index (χ4v) is 2.77. The van der Waals surface area contributed by atoms with Crippen LogP contribution < -0.4 is 5.32 Å². The Kier molecular flexibility index (Phi) is 5.40. The molecule has 2 unspecified atom stereocenters. The van der Waals surface area contributed by atoms with E-state index in [9.17, 15) is 9.90 Å². The average molecular weight is 297 g/mol. The summed E-state index contributed by atoms with van der Waals surface area (Å²) in [5.41, 5.74) is 1.10. The molecular weight excluding hydrogens is 276 g/mol. The number of amides is 1. The van der Waals surface area contributed by atoms with Crippen LogP contribution in [0.4, 0.5) is 0 Å². The smallest absolute Gasteiger partial charge is 0.248 e. The van der Waals surface area contributed by atoms with Crippen LogP contribution in [0.25, 0.3) is 0 Å². The largest absolute Gasteiger partial charge is 0.384 e. The van der Waals surface area contributed by atoms with E-state index >= 15 is 0 Å². The zero-order valence-electron chi connectivity index (χ0n) is 11.7. The van der Waals surface area contributed by atoms with Gasteiger partial charge in [0.2, 0.25) is 5.91 Å². The summed E-state index contributed by atoms with van der Waals surface area (Å²) in [4.78, 5) is 13.9. The van der Waals surface area contributed by atoms with E-state index in [0.717, 1.165) is 18.7 Å². The molecule has 0 aliphatic carbocycles. The molecule has 0 spiro atoms. The van der Waals surface area contributed by atoms with Crippen LogP contribution in [0.1, 0.15) is 31.4 Å². The predicted octanol–water partition coefficient (Wildman–Crippen LogP) is 1.97. The molecule has 1 heterocycles. The fraction of sp³-hybridized carbons (Fsp3) is 0.533. The van der Waals surface area contributed by atoms with Crippen LogP contribution in [0, 0.1) is 0 Å². The van der Waals surface area contributed by atoms with Crippen molar-refractivity contribution in [1.29, 1.82) is 0 Å². The summed E-state index contributed by atoms with van der Waals surface area (Å²) in [6.45, 7) is 4.02. The number of hydrogen-bond donors (Lipinski definition) is 2. The number of aliphatic hydroxyl groups is 1. The molecule has 4 nitrogen and oxygen atoms in total. The van der Waals surface area contributed by atoms with Crippen molar-refractivity contribution < 1.29 is 9.90 Å². The molecule has 0 bridgehead atoms. The van der Waals surface area contributed by atoms with Gasteiger partial charge in [-0.3, -0.25) is 9.69 Å². The van der Waals surface area contributed by atoms with Gasteiger partial charge in [-0.25, -0.2) is 0 Å². The number of aliphatic hydroxyl groups excluding tert-OH is 1. The lowest BCUT2D eigenvalue weighted by atomic mass is 10.1. The van der Waals surface area contributed by atoms with Gasteiger partial charge in [-0.2, -0.15) is 0 Å². The van der Waals surface area contributed by atoms with E-state index in [1.165, 1.54) is 19.8 Å². The van der Waals surface area contributed by atoms with Crippen LogP contribution >= 0.6 is 11.6 Å². The highest BCUT2D eigenvalue weighted by atomic mass is 35.5. The number of nitrogens with one attached hydrogen (secondary N) is 1. The van der Waals surface area contributed by atoms with Gasteiger partial charge in [-0.15, -0.1) is 0 Å². The van der Waals surface area contributed by atoms with Gasteiger partial charge in [0.15, 0.2) is 0 Å². The molecule has 20 heavy (non-hydrogen) atoms. The number of benzene rings is 1. The van der Waals surface area contributed by atoms with E-state index in [1.807, 2.05) is 24.3 Å². The maximum absolute atomic E-state index is 11.6. The molecule has 1 aromatic carbocycles. The maximum Gasteiger partial charge on any atom is 0.248 e. The molecule has 2 N–H and O–H groups in total. The lowest BCUT2D eigenvalue weighted by molar-refractivity contribution is -0.128. The highest BCUT2D eigenvalue weighted by Crippen LogP contribution is 2.26. The molecule has 110 valence electrons. The van der Waals surface area contributed by atoms with Gasteiger partial charge in [-0.05, 0) is 50.6 Å². The maximum atomic E-state index is 11.6. The van der Waals surface area contributed by atoms with Gasteiger partial charge in [0.25, 0.3) is 0 Å². The first-order valence-electron chi connectivity index (χ1n) is 7.03. The summed E-state index contributed by atoms with van der Waals surface area (Å²) in [6.07, 6.45) is 1.39. The number of hydrogen-bond acceptors (Lipinski definition) is 3. The molecule has 1 aliphatic heterocycles. The molecule has 0 saturated carbocycles. The van der Waals surface area contributed by atoms with E-state index in [4.69, 9.17) is 11.6 Å². The minimum atomic E-state index is -0.978. The van der Waals surface area contributed by atoms with Crippen molar-refractivity contribution >= 4 is 17.5 Å². The number of likely N-dealkylation sites (tertiary alicyclic amines) is 1. The second-order valence-electron chi connectivity index (χ2n) is 5.24. The van der Waals surface area contributed by atoms with Crippen LogP contribution in [-0.4, -0.2) is 41.7 Å². The van der Waals surface area contributed by atoms with Crippen molar-refractivity contribution in [2.24, 2.45) is 0 Å². The summed E-state index contributed by atoms with van der Waals surface area (Å²) in [6, 6.07) is 7.86. The van der Waals surface area contributed by atoms with Gasteiger partial charge < -0.3 is 10.4 Å². The van der Waals surface area contributed by atoms with E-state index < -0.39 is 6.10 Å². The van der Waals surface area contributed by atoms with Crippen molar-refractivity contribution in [3.8, 4) is 0 Å². The van der Waals surface area contributed by atoms with Gasteiger partial charge in [0.1, 0.15) is 6.10 Å². The molecule has 5 heteroatoms.